The monoisotopic (exact) mass is 500 g/mol. The molecular weight excluding hydrogens is 483 g/mol. The van der Waals surface area contributed by atoms with Crippen LogP contribution in [0.15, 0.2) is 64.7 Å². The van der Waals surface area contributed by atoms with E-state index in [2.05, 4.69) is 10.1 Å². The van der Waals surface area contributed by atoms with Gasteiger partial charge in [-0.05, 0) is 53.6 Å². The maximum absolute atomic E-state index is 12.7. The van der Waals surface area contributed by atoms with Crippen LogP contribution in [0, 0.1) is 0 Å². The van der Waals surface area contributed by atoms with Crippen molar-refractivity contribution < 1.29 is 28.3 Å². The summed E-state index contributed by atoms with van der Waals surface area (Å²) in [7, 11) is 1.23. The van der Waals surface area contributed by atoms with Crippen LogP contribution >= 0.6 is 23.2 Å². The summed E-state index contributed by atoms with van der Waals surface area (Å²) >= 11 is 11.9. The van der Waals surface area contributed by atoms with Crippen LogP contribution < -0.4 is 10.1 Å². The fourth-order valence-corrected chi connectivity index (χ4v) is 3.49. The van der Waals surface area contributed by atoms with Gasteiger partial charge in [0.15, 0.2) is 0 Å². The molecule has 0 radical (unpaired) electrons. The molecule has 0 saturated carbocycles. The number of hydrogen-bond donors (Lipinski definition) is 1. The molecule has 2 aromatic carbocycles. The number of esters is 1. The summed E-state index contributed by atoms with van der Waals surface area (Å²) in [5, 5.41) is 3.48. The summed E-state index contributed by atoms with van der Waals surface area (Å²) in [5.74, 6) is -0.277. The molecule has 1 aliphatic rings. The third-order valence-corrected chi connectivity index (χ3v) is 5.64. The van der Waals surface area contributed by atoms with E-state index in [0.29, 0.717) is 28.0 Å². The molecule has 10 heteroatoms. The van der Waals surface area contributed by atoms with Crippen molar-refractivity contribution in [3.63, 3.8) is 0 Å². The van der Waals surface area contributed by atoms with Gasteiger partial charge >= 0.3 is 12.0 Å². The van der Waals surface area contributed by atoms with Gasteiger partial charge in [0.1, 0.15) is 23.8 Å². The molecule has 8 nitrogen and oxygen atoms in total. The Morgan fingerprint density at radius 3 is 2.53 bits per heavy atom. The number of benzene rings is 2. The number of amides is 3. The molecule has 2 heterocycles. The van der Waals surface area contributed by atoms with Gasteiger partial charge in [0, 0.05) is 0 Å². The fraction of sp³-hybridized carbons (Fsp3) is 0.125. The highest BCUT2D eigenvalue weighted by Crippen LogP contribution is 2.24. The molecule has 0 unspecified atom stereocenters. The first-order valence-electron chi connectivity index (χ1n) is 10.0. The standard InChI is InChI=1S/C24H18Cl2N2O6/c1-32-23(30)21-9-7-17(34-21)12-28-22(29)20(27-24(28)31)11-14-2-5-16(6-3-14)33-13-15-4-8-18(25)19(26)10-15/h2-11H,12-13H2,1H3,(H,27,31)/b20-11-. The Labute approximate surface area is 204 Å². The highest BCUT2D eigenvalue weighted by molar-refractivity contribution is 6.42. The SMILES string of the molecule is COC(=O)c1ccc(CN2C(=O)N/C(=C\c3ccc(OCc4ccc(Cl)c(Cl)c4)cc3)C2=O)o1. The van der Waals surface area contributed by atoms with Crippen LogP contribution in [0.2, 0.25) is 10.0 Å². The minimum absolute atomic E-state index is 0.0122. The van der Waals surface area contributed by atoms with Crippen molar-refractivity contribution in [2.24, 2.45) is 0 Å². The Bertz CT molecular complexity index is 1280. The van der Waals surface area contributed by atoms with E-state index in [9.17, 15) is 14.4 Å². The summed E-state index contributed by atoms with van der Waals surface area (Å²) in [6.07, 6.45) is 1.56. The number of furan rings is 1. The smallest absolute Gasteiger partial charge is 0.373 e. The zero-order valence-electron chi connectivity index (χ0n) is 17.8. The first kappa shape index (κ1) is 23.4. The lowest BCUT2D eigenvalue weighted by Crippen LogP contribution is -2.30. The van der Waals surface area contributed by atoms with E-state index >= 15 is 0 Å². The van der Waals surface area contributed by atoms with Crippen molar-refractivity contribution in [3.05, 3.63) is 93.0 Å². The molecule has 0 aliphatic carbocycles. The topological polar surface area (TPSA) is 98.1 Å². The first-order valence-corrected chi connectivity index (χ1v) is 10.8. The summed E-state index contributed by atoms with van der Waals surface area (Å²) in [5.41, 5.74) is 1.68. The predicted molar refractivity (Wildman–Crippen MR) is 124 cm³/mol. The molecule has 174 valence electrons. The number of rotatable bonds is 7. The molecule has 1 aromatic heterocycles. The zero-order chi connectivity index (χ0) is 24.2. The molecule has 4 rings (SSSR count). The zero-order valence-corrected chi connectivity index (χ0v) is 19.4. The van der Waals surface area contributed by atoms with Gasteiger partial charge in [-0.1, -0.05) is 41.4 Å². The van der Waals surface area contributed by atoms with E-state index in [1.807, 2.05) is 6.07 Å². The maximum Gasteiger partial charge on any atom is 0.373 e. The van der Waals surface area contributed by atoms with Crippen LogP contribution in [0.1, 0.15) is 27.4 Å². The van der Waals surface area contributed by atoms with Crippen molar-refractivity contribution in [1.29, 1.82) is 0 Å². The molecular formula is C24H18Cl2N2O6. The molecule has 0 atom stereocenters. The lowest BCUT2D eigenvalue weighted by Gasteiger charge is -2.09. The molecule has 0 spiro atoms. The largest absolute Gasteiger partial charge is 0.489 e. The van der Waals surface area contributed by atoms with Gasteiger partial charge in [-0.15, -0.1) is 0 Å². The number of carbonyl (C=O) groups excluding carboxylic acids is 3. The van der Waals surface area contributed by atoms with Gasteiger partial charge in [0.2, 0.25) is 5.76 Å². The Balaban J connectivity index is 1.39. The van der Waals surface area contributed by atoms with Crippen LogP contribution in [0.4, 0.5) is 4.79 Å². The highest BCUT2D eigenvalue weighted by atomic mass is 35.5. The lowest BCUT2D eigenvalue weighted by molar-refractivity contribution is -0.123. The number of nitrogens with zero attached hydrogens (tertiary/aromatic N) is 1. The van der Waals surface area contributed by atoms with E-state index in [0.717, 1.165) is 10.5 Å². The van der Waals surface area contributed by atoms with Gasteiger partial charge in [-0.25, -0.2) is 9.59 Å². The maximum atomic E-state index is 12.7. The quantitative estimate of drug-likeness (QED) is 0.277. The molecule has 1 N–H and O–H groups in total. The number of nitrogens with one attached hydrogen (secondary N) is 1. The molecule has 34 heavy (non-hydrogen) atoms. The minimum Gasteiger partial charge on any atom is -0.489 e. The van der Waals surface area contributed by atoms with Crippen LogP contribution in [0.25, 0.3) is 6.08 Å². The van der Waals surface area contributed by atoms with Gasteiger partial charge < -0.3 is 19.2 Å². The molecule has 1 aliphatic heterocycles. The van der Waals surface area contributed by atoms with Gasteiger partial charge in [-0.3, -0.25) is 9.69 Å². The van der Waals surface area contributed by atoms with Gasteiger partial charge in [0.05, 0.1) is 23.7 Å². The van der Waals surface area contributed by atoms with E-state index in [4.69, 9.17) is 32.4 Å². The number of carbonyl (C=O) groups is 3. The van der Waals surface area contributed by atoms with Crippen molar-refractivity contribution in [3.8, 4) is 5.75 Å². The van der Waals surface area contributed by atoms with Crippen molar-refractivity contribution in [2.75, 3.05) is 7.11 Å². The van der Waals surface area contributed by atoms with Crippen molar-refractivity contribution in [2.45, 2.75) is 13.2 Å². The predicted octanol–water partition coefficient (Wildman–Crippen LogP) is 5.04. The summed E-state index contributed by atoms with van der Waals surface area (Å²) in [6, 6.07) is 14.6. The second-order valence-corrected chi connectivity index (χ2v) is 8.06. The Hall–Kier alpha value is -3.75. The van der Waals surface area contributed by atoms with Crippen LogP contribution in [0.5, 0.6) is 5.75 Å². The third-order valence-electron chi connectivity index (χ3n) is 4.91. The van der Waals surface area contributed by atoms with E-state index in [-0.39, 0.29) is 23.8 Å². The second-order valence-electron chi connectivity index (χ2n) is 7.24. The summed E-state index contributed by atoms with van der Waals surface area (Å²) in [4.78, 5) is 37.5. The first-order chi connectivity index (χ1) is 16.3. The number of urea groups is 1. The van der Waals surface area contributed by atoms with Crippen LogP contribution in [-0.4, -0.2) is 29.9 Å². The molecule has 1 saturated heterocycles. The van der Waals surface area contributed by atoms with Crippen molar-refractivity contribution >= 4 is 47.2 Å². The average molecular weight is 501 g/mol. The lowest BCUT2D eigenvalue weighted by atomic mass is 10.2. The number of methoxy groups -OCH3 is 1. The van der Waals surface area contributed by atoms with Crippen LogP contribution in [-0.2, 0) is 22.7 Å². The fourth-order valence-electron chi connectivity index (χ4n) is 3.17. The highest BCUT2D eigenvalue weighted by Gasteiger charge is 2.34. The average Bonchev–Trinajstić information content (AvgIpc) is 3.41. The molecule has 3 aromatic rings. The summed E-state index contributed by atoms with van der Waals surface area (Å²) in [6.45, 7) is 0.186. The van der Waals surface area contributed by atoms with Crippen LogP contribution in [0.3, 0.4) is 0 Å². The summed E-state index contributed by atoms with van der Waals surface area (Å²) < 4.78 is 15.7. The Kier molecular flexibility index (Phi) is 6.90. The molecule has 0 bridgehead atoms. The van der Waals surface area contributed by atoms with E-state index < -0.39 is 17.9 Å². The van der Waals surface area contributed by atoms with Crippen molar-refractivity contribution in [1.82, 2.24) is 10.2 Å². The van der Waals surface area contributed by atoms with Gasteiger partial charge in [0.25, 0.3) is 5.91 Å². The second kappa shape index (κ2) is 10.0. The number of ether oxygens (including phenoxy) is 2. The van der Waals surface area contributed by atoms with E-state index in [1.165, 1.54) is 19.2 Å². The number of hydrogen-bond acceptors (Lipinski definition) is 6. The third kappa shape index (κ3) is 5.24. The van der Waals surface area contributed by atoms with Gasteiger partial charge in [-0.2, -0.15) is 0 Å². The number of imide groups is 1. The van der Waals surface area contributed by atoms with E-state index in [1.54, 1.807) is 42.5 Å². The normalized spacial score (nSPS) is 14.4. The minimum atomic E-state index is -0.645. The Morgan fingerprint density at radius 1 is 1.06 bits per heavy atom. The number of halogens is 2. The Morgan fingerprint density at radius 2 is 1.82 bits per heavy atom. The molecule has 3 amide bonds. The molecule has 1 fully saturated rings.